The van der Waals surface area contributed by atoms with E-state index < -0.39 is 5.54 Å². The van der Waals surface area contributed by atoms with Crippen LogP contribution in [0.5, 0.6) is 0 Å². The lowest BCUT2D eigenvalue weighted by Crippen LogP contribution is -2.42. The van der Waals surface area contributed by atoms with E-state index >= 15 is 0 Å². The highest BCUT2D eigenvalue weighted by atomic mass is 16.1. The van der Waals surface area contributed by atoms with Crippen LogP contribution in [-0.4, -0.2) is 11.4 Å². The molecule has 0 fully saturated rings. The van der Waals surface area contributed by atoms with Gasteiger partial charge >= 0.3 is 0 Å². The Labute approximate surface area is 96.0 Å². The molecule has 1 aromatic rings. The number of terminal acetylenes is 1. The van der Waals surface area contributed by atoms with Crippen molar-refractivity contribution in [2.75, 3.05) is 5.73 Å². The number of amides is 1. The molecular weight excluding hydrogens is 200 g/mol. The summed E-state index contributed by atoms with van der Waals surface area (Å²) >= 11 is 0. The fourth-order valence-corrected chi connectivity index (χ4v) is 1.38. The molecule has 1 aromatic carbocycles. The molecule has 0 saturated carbocycles. The second-order valence-electron chi connectivity index (χ2n) is 4.26. The summed E-state index contributed by atoms with van der Waals surface area (Å²) in [6.45, 7) is 5.37. The Morgan fingerprint density at radius 1 is 1.50 bits per heavy atom. The van der Waals surface area contributed by atoms with Gasteiger partial charge in [0.25, 0.3) is 5.91 Å². The number of benzene rings is 1. The summed E-state index contributed by atoms with van der Waals surface area (Å²) in [7, 11) is 0. The number of nitrogens with one attached hydrogen (secondary N) is 1. The van der Waals surface area contributed by atoms with Crippen LogP contribution < -0.4 is 11.1 Å². The molecule has 1 amide bonds. The van der Waals surface area contributed by atoms with Gasteiger partial charge in [-0.25, -0.2) is 0 Å². The maximum absolute atomic E-state index is 12.0. The first-order valence-corrected chi connectivity index (χ1v) is 5.03. The van der Waals surface area contributed by atoms with Crippen molar-refractivity contribution in [3.63, 3.8) is 0 Å². The van der Waals surface area contributed by atoms with E-state index in [2.05, 4.69) is 11.2 Å². The number of carbonyl (C=O) groups excluding carboxylic acids is 1. The molecule has 0 radical (unpaired) electrons. The smallest absolute Gasteiger partial charge is 0.254 e. The summed E-state index contributed by atoms with van der Waals surface area (Å²) in [5.74, 6) is 2.27. The average molecular weight is 216 g/mol. The Hall–Kier alpha value is -1.95. The third-order valence-corrected chi connectivity index (χ3v) is 2.32. The van der Waals surface area contributed by atoms with Gasteiger partial charge in [-0.05, 0) is 32.4 Å². The maximum Gasteiger partial charge on any atom is 0.254 e. The van der Waals surface area contributed by atoms with Crippen LogP contribution >= 0.6 is 0 Å². The van der Waals surface area contributed by atoms with Gasteiger partial charge < -0.3 is 11.1 Å². The van der Waals surface area contributed by atoms with Crippen molar-refractivity contribution in [1.29, 1.82) is 0 Å². The third-order valence-electron chi connectivity index (χ3n) is 2.32. The van der Waals surface area contributed by atoms with Crippen molar-refractivity contribution in [3.8, 4) is 12.3 Å². The Morgan fingerprint density at radius 3 is 2.62 bits per heavy atom. The molecule has 3 nitrogen and oxygen atoms in total. The van der Waals surface area contributed by atoms with E-state index in [-0.39, 0.29) is 5.91 Å². The minimum atomic E-state index is -0.675. The first-order valence-electron chi connectivity index (χ1n) is 5.03. The van der Waals surface area contributed by atoms with Crippen molar-refractivity contribution in [1.82, 2.24) is 5.32 Å². The quantitative estimate of drug-likeness (QED) is 0.584. The number of hydrogen-bond donors (Lipinski definition) is 2. The summed E-state index contributed by atoms with van der Waals surface area (Å²) in [4.78, 5) is 12.0. The van der Waals surface area contributed by atoms with Crippen LogP contribution in [0.3, 0.4) is 0 Å². The standard InChI is InChI=1S/C13H16N2O/c1-5-13(3,4)15-12(16)11-9(2)7-6-8-10(11)14/h1,6-8H,14H2,2-4H3,(H,15,16). The van der Waals surface area contributed by atoms with Gasteiger partial charge in [0.05, 0.1) is 11.1 Å². The highest BCUT2D eigenvalue weighted by Crippen LogP contribution is 2.17. The predicted octanol–water partition coefficient (Wildman–Crippen LogP) is 1.72. The molecule has 0 bridgehead atoms. The summed E-state index contributed by atoms with van der Waals surface area (Å²) in [6, 6.07) is 5.35. The zero-order valence-corrected chi connectivity index (χ0v) is 9.79. The van der Waals surface area contributed by atoms with E-state index in [1.54, 1.807) is 19.9 Å². The highest BCUT2D eigenvalue weighted by molar-refractivity contribution is 6.01. The van der Waals surface area contributed by atoms with Gasteiger partial charge in [-0.2, -0.15) is 0 Å². The Kier molecular flexibility index (Phi) is 3.24. The summed E-state index contributed by atoms with van der Waals surface area (Å²) in [6.07, 6.45) is 5.31. The van der Waals surface area contributed by atoms with Gasteiger partial charge in [-0.15, -0.1) is 6.42 Å². The van der Waals surface area contributed by atoms with Crippen LogP contribution in [-0.2, 0) is 0 Å². The minimum absolute atomic E-state index is 0.237. The molecule has 0 spiro atoms. The van der Waals surface area contributed by atoms with E-state index in [1.807, 2.05) is 19.1 Å². The normalized spacial score (nSPS) is 10.6. The molecule has 0 aliphatic carbocycles. The van der Waals surface area contributed by atoms with Crippen molar-refractivity contribution in [2.24, 2.45) is 0 Å². The molecule has 0 unspecified atom stereocenters. The van der Waals surface area contributed by atoms with E-state index in [9.17, 15) is 4.79 Å². The number of anilines is 1. The number of hydrogen-bond acceptors (Lipinski definition) is 2. The zero-order valence-electron chi connectivity index (χ0n) is 9.79. The van der Waals surface area contributed by atoms with Gasteiger partial charge in [0.15, 0.2) is 0 Å². The van der Waals surface area contributed by atoms with E-state index in [0.717, 1.165) is 5.56 Å². The van der Waals surface area contributed by atoms with E-state index in [0.29, 0.717) is 11.3 Å². The van der Waals surface area contributed by atoms with Crippen LogP contribution in [0.25, 0.3) is 0 Å². The third kappa shape index (κ3) is 2.54. The molecule has 0 aliphatic heterocycles. The van der Waals surface area contributed by atoms with Gasteiger partial charge in [0.1, 0.15) is 0 Å². The number of aryl methyl sites for hydroxylation is 1. The summed E-state index contributed by atoms with van der Waals surface area (Å²) < 4.78 is 0. The number of carbonyl (C=O) groups is 1. The van der Waals surface area contributed by atoms with Gasteiger partial charge in [-0.3, -0.25) is 4.79 Å². The van der Waals surface area contributed by atoms with Gasteiger partial charge in [0.2, 0.25) is 0 Å². The molecule has 0 heterocycles. The maximum atomic E-state index is 12.0. The Bertz CT molecular complexity index is 435. The van der Waals surface area contributed by atoms with Crippen molar-refractivity contribution in [2.45, 2.75) is 26.3 Å². The number of rotatable bonds is 2. The van der Waals surface area contributed by atoms with Crippen molar-refractivity contribution < 1.29 is 4.79 Å². The molecule has 3 heteroatoms. The molecule has 1 rings (SSSR count). The molecule has 0 aromatic heterocycles. The minimum Gasteiger partial charge on any atom is -0.398 e. The summed E-state index contributed by atoms with van der Waals surface area (Å²) in [5.41, 5.74) is 6.89. The lowest BCUT2D eigenvalue weighted by molar-refractivity contribution is 0.0930. The molecule has 0 atom stereocenters. The topological polar surface area (TPSA) is 55.1 Å². The fourth-order valence-electron chi connectivity index (χ4n) is 1.38. The second kappa shape index (κ2) is 4.28. The molecule has 84 valence electrons. The SMILES string of the molecule is C#CC(C)(C)NC(=O)c1c(C)cccc1N. The van der Waals surface area contributed by atoms with Crippen LogP contribution in [0.4, 0.5) is 5.69 Å². The van der Waals surface area contributed by atoms with E-state index in [1.165, 1.54) is 0 Å². The number of nitrogens with two attached hydrogens (primary N) is 1. The molecule has 16 heavy (non-hydrogen) atoms. The Balaban J connectivity index is 3.04. The first kappa shape index (κ1) is 12.1. The molecular formula is C13H16N2O. The van der Waals surface area contributed by atoms with Crippen molar-refractivity contribution in [3.05, 3.63) is 29.3 Å². The van der Waals surface area contributed by atoms with Crippen molar-refractivity contribution >= 4 is 11.6 Å². The molecule has 0 saturated heterocycles. The largest absolute Gasteiger partial charge is 0.398 e. The van der Waals surface area contributed by atoms with Gasteiger partial charge in [-0.1, -0.05) is 18.1 Å². The highest BCUT2D eigenvalue weighted by Gasteiger charge is 2.20. The predicted molar refractivity (Wildman–Crippen MR) is 66.0 cm³/mol. The number of nitrogen functional groups attached to an aromatic ring is 1. The van der Waals surface area contributed by atoms with Gasteiger partial charge in [0, 0.05) is 5.69 Å². The molecule has 3 N–H and O–H groups in total. The second-order valence-corrected chi connectivity index (χ2v) is 4.26. The molecule has 0 aliphatic rings. The summed E-state index contributed by atoms with van der Waals surface area (Å²) in [5, 5.41) is 2.75. The van der Waals surface area contributed by atoms with Crippen LogP contribution in [0.2, 0.25) is 0 Å². The van der Waals surface area contributed by atoms with Crippen LogP contribution in [0.1, 0.15) is 29.8 Å². The lowest BCUT2D eigenvalue weighted by Gasteiger charge is -2.20. The fraction of sp³-hybridized carbons (Fsp3) is 0.308. The zero-order chi connectivity index (χ0) is 12.3. The van der Waals surface area contributed by atoms with Crippen LogP contribution in [0, 0.1) is 19.3 Å². The lowest BCUT2D eigenvalue weighted by atomic mass is 10.0. The Morgan fingerprint density at radius 2 is 2.12 bits per heavy atom. The monoisotopic (exact) mass is 216 g/mol. The van der Waals surface area contributed by atoms with E-state index in [4.69, 9.17) is 12.2 Å². The first-order chi connectivity index (χ1) is 7.37. The van der Waals surface area contributed by atoms with Crippen LogP contribution in [0.15, 0.2) is 18.2 Å². The average Bonchev–Trinajstić information content (AvgIpc) is 2.16.